The highest BCUT2D eigenvalue weighted by atomic mass is 32.2. The van der Waals surface area contributed by atoms with Crippen molar-refractivity contribution in [3.05, 3.63) is 0 Å². The third-order valence-electron chi connectivity index (χ3n) is 2.83. The van der Waals surface area contributed by atoms with Crippen LogP contribution in [-0.2, 0) is 15.0 Å². The topological polar surface area (TPSA) is 86.7 Å². The summed E-state index contributed by atoms with van der Waals surface area (Å²) in [6, 6.07) is -1.08. The predicted molar refractivity (Wildman–Crippen MR) is 63.7 cm³/mol. The molecule has 6 nitrogen and oxygen atoms in total. The molecule has 1 saturated carbocycles. The van der Waals surface area contributed by atoms with Gasteiger partial charge in [-0.25, -0.2) is 0 Å². The Morgan fingerprint density at radius 2 is 2.00 bits per heavy atom. The quantitative estimate of drug-likeness (QED) is 0.691. The van der Waals surface area contributed by atoms with Gasteiger partial charge in [0.05, 0.1) is 0 Å². The third kappa shape index (κ3) is 4.25. The van der Waals surface area contributed by atoms with Crippen LogP contribution in [0, 0.1) is 11.8 Å². The third-order valence-corrected chi connectivity index (χ3v) is 4.35. The van der Waals surface area contributed by atoms with E-state index in [1.807, 2.05) is 0 Å². The van der Waals surface area contributed by atoms with Gasteiger partial charge in [0.25, 0.3) is 10.2 Å². The van der Waals surface area contributed by atoms with Crippen molar-refractivity contribution in [2.75, 3.05) is 13.6 Å². The Morgan fingerprint density at radius 3 is 2.35 bits per heavy atom. The van der Waals surface area contributed by atoms with Crippen LogP contribution < -0.4 is 4.72 Å². The Hall–Kier alpha value is -0.660. The Morgan fingerprint density at radius 1 is 1.47 bits per heavy atom. The van der Waals surface area contributed by atoms with E-state index in [1.165, 1.54) is 11.4 Å². The molecule has 17 heavy (non-hydrogen) atoms. The Bertz CT molecular complexity index is 376. The molecule has 1 aliphatic carbocycles. The minimum absolute atomic E-state index is 0.295. The molecule has 1 fully saturated rings. The molecule has 0 aromatic rings. The van der Waals surface area contributed by atoms with E-state index >= 15 is 0 Å². The Kier molecular flexibility index (Phi) is 4.51. The van der Waals surface area contributed by atoms with Crippen LogP contribution in [-0.4, -0.2) is 43.4 Å². The molecule has 7 heteroatoms. The van der Waals surface area contributed by atoms with Gasteiger partial charge in [-0.2, -0.15) is 17.4 Å². The molecule has 1 rings (SSSR count). The van der Waals surface area contributed by atoms with Crippen molar-refractivity contribution in [1.82, 2.24) is 9.03 Å². The van der Waals surface area contributed by atoms with Crippen LogP contribution in [0.2, 0.25) is 0 Å². The maximum atomic E-state index is 11.9. The van der Waals surface area contributed by atoms with E-state index in [2.05, 4.69) is 4.72 Å². The molecule has 0 amide bonds. The van der Waals surface area contributed by atoms with Crippen molar-refractivity contribution in [2.24, 2.45) is 11.8 Å². The molecule has 100 valence electrons. The molecule has 0 bridgehead atoms. The van der Waals surface area contributed by atoms with E-state index in [9.17, 15) is 13.2 Å². The first-order valence-electron chi connectivity index (χ1n) is 5.70. The van der Waals surface area contributed by atoms with Gasteiger partial charge in [0.1, 0.15) is 6.04 Å². The van der Waals surface area contributed by atoms with Crippen molar-refractivity contribution in [3.8, 4) is 0 Å². The van der Waals surface area contributed by atoms with Gasteiger partial charge >= 0.3 is 5.97 Å². The molecule has 1 aliphatic rings. The highest BCUT2D eigenvalue weighted by molar-refractivity contribution is 7.87. The lowest BCUT2D eigenvalue weighted by atomic mass is 10.1. The van der Waals surface area contributed by atoms with Gasteiger partial charge in [0, 0.05) is 13.6 Å². The average Bonchev–Trinajstić information content (AvgIpc) is 2.97. The average molecular weight is 264 g/mol. The van der Waals surface area contributed by atoms with Crippen molar-refractivity contribution < 1.29 is 18.3 Å². The smallest absolute Gasteiger partial charge is 0.322 e. The van der Waals surface area contributed by atoms with Crippen LogP contribution in [0.1, 0.15) is 26.7 Å². The van der Waals surface area contributed by atoms with Gasteiger partial charge in [0.15, 0.2) is 0 Å². The number of nitrogens with zero attached hydrogens (tertiary/aromatic N) is 1. The summed E-state index contributed by atoms with van der Waals surface area (Å²) < 4.78 is 27.2. The fourth-order valence-corrected chi connectivity index (χ4v) is 2.77. The van der Waals surface area contributed by atoms with Crippen LogP contribution in [0.25, 0.3) is 0 Å². The lowest BCUT2D eigenvalue weighted by molar-refractivity contribution is -0.140. The number of carbonyl (C=O) groups is 1. The second-order valence-corrected chi connectivity index (χ2v) is 6.72. The summed E-state index contributed by atoms with van der Waals surface area (Å²) in [6.07, 6.45) is 2.10. The summed E-state index contributed by atoms with van der Waals surface area (Å²) in [6.45, 7) is 3.80. The van der Waals surface area contributed by atoms with Crippen LogP contribution in [0.5, 0.6) is 0 Å². The fraction of sp³-hybridized carbons (Fsp3) is 0.900. The molecule has 0 aromatic carbocycles. The number of carboxylic acid groups (broad SMARTS) is 1. The Balaban J connectivity index is 2.65. The van der Waals surface area contributed by atoms with Crippen molar-refractivity contribution in [1.29, 1.82) is 0 Å². The normalized spacial score (nSPS) is 18.6. The first-order valence-corrected chi connectivity index (χ1v) is 7.14. The molecule has 0 aliphatic heterocycles. The van der Waals surface area contributed by atoms with Crippen LogP contribution >= 0.6 is 0 Å². The van der Waals surface area contributed by atoms with Gasteiger partial charge in [-0.15, -0.1) is 0 Å². The summed E-state index contributed by atoms with van der Waals surface area (Å²) in [5.74, 6) is -1.01. The molecule has 0 heterocycles. The first kappa shape index (κ1) is 14.4. The van der Waals surface area contributed by atoms with E-state index in [-0.39, 0.29) is 5.92 Å². The van der Waals surface area contributed by atoms with Gasteiger partial charge in [-0.1, -0.05) is 13.8 Å². The summed E-state index contributed by atoms with van der Waals surface area (Å²) in [4.78, 5) is 10.9. The zero-order valence-corrected chi connectivity index (χ0v) is 11.2. The maximum Gasteiger partial charge on any atom is 0.322 e. The summed E-state index contributed by atoms with van der Waals surface area (Å²) >= 11 is 0. The zero-order valence-electron chi connectivity index (χ0n) is 10.4. The number of rotatable bonds is 7. The SMILES string of the molecule is CC(C)[C@H](NS(=O)(=O)N(C)CC1CC1)C(=O)O. The number of hydrogen-bond acceptors (Lipinski definition) is 3. The second kappa shape index (κ2) is 5.32. The van der Waals surface area contributed by atoms with E-state index in [4.69, 9.17) is 5.11 Å². The number of carboxylic acids is 1. The number of hydrogen-bond donors (Lipinski definition) is 2. The second-order valence-electron chi connectivity index (χ2n) is 4.91. The minimum atomic E-state index is -3.70. The molecule has 0 aromatic heterocycles. The van der Waals surface area contributed by atoms with Crippen LogP contribution in [0.3, 0.4) is 0 Å². The van der Waals surface area contributed by atoms with Gasteiger partial charge in [0.2, 0.25) is 0 Å². The van der Waals surface area contributed by atoms with E-state index in [1.54, 1.807) is 13.8 Å². The summed E-state index contributed by atoms with van der Waals surface area (Å²) in [5.41, 5.74) is 0. The van der Waals surface area contributed by atoms with Gasteiger partial charge in [-0.05, 0) is 24.7 Å². The van der Waals surface area contributed by atoms with Crippen LogP contribution in [0.4, 0.5) is 0 Å². The van der Waals surface area contributed by atoms with E-state index < -0.39 is 22.2 Å². The first-order chi connectivity index (χ1) is 7.74. The maximum absolute atomic E-state index is 11.9. The van der Waals surface area contributed by atoms with E-state index in [0.717, 1.165) is 12.8 Å². The highest BCUT2D eigenvalue weighted by Crippen LogP contribution is 2.29. The molecular formula is C10H20N2O4S. The fourth-order valence-electron chi connectivity index (χ4n) is 1.48. The lowest BCUT2D eigenvalue weighted by Crippen LogP contribution is -2.49. The monoisotopic (exact) mass is 264 g/mol. The molecule has 0 spiro atoms. The lowest BCUT2D eigenvalue weighted by Gasteiger charge is -2.22. The standard InChI is InChI=1S/C10H20N2O4S/c1-7(2)9(10(13)14)11-17(15,16)12(3)6-8-4-5-8/h7-9,11H,4-6H2,1-3H3,(H,13,14)/t9-/m0/s1. The molecular weight excluding hydrogens is 244 g/mol. The molecule has 1 atom stereocenters. The van der Waals surface area contributed by atoms with Crippen molar-refractivity contribution in [2.45, 2.75) is 32.7 Å². The van der Waals surface area contributed by atoms with Gasteiger partial charge in [-0.3, -0.25) is 4.79 Å². The number of aliphatic carboxylic acids is 1. The largest absolute Gasteiger partial charge is 0.480 e. The predicted octanol–water partition coefficient (Wildman–Crippen LogP) is 0.272. The zero-order chi connectivity index (χ0) is 13.2. The van der Waals surface area contributed by atoms with E-state index in [0.29, 0.717) is 12.5 Å². The minimum Gasteiger partial charge on any atom is -0.480 e. The summed E-state index contributed by atoms with van der Waals surface area (Å²) in [7, 11) is -2.23. The Labute approximate surface area is 102 Å². The molecule has 0 saturated heterocycles. The van der Waals surface area contributed by atoms with Crippen molar-refractivity contribution >= 4 is 16.2 Å². The summed E-state index contributed by atoms with van der Waals surface area (Å²) in [5, 5.41) is 8.94. The molecule has 0 radical (unpaired) electrons. The molecule has 2 N–H and O–H groups in total. The number of nitrogens with one attached hydrogen (secondary N) is 1. The van der Waals surface area contributed by atoms with Crippen molar-refractivity contribution in [3.63, 3.8) is 0 Å². The molecule has 0 unspecified atom stereocenters. The van der Waals surface area contributed by atoms with Gasteiger partial charge < -0.3 is 5.11 Å². The highest BCUT2D eigenvalue weighted by Gasteiger charge is 2.32. The van der Waals surface area contributed by atoms with Crippen LogP contribution in [0.15, 0.2) is 0 Å².